The molecule has 19 heavy (non-hydrogen) atoms. The average Bonchev–Trinajstić information content (AvgIpc) is 3.24. The molecular weight excluding hydrogens is 238 g/mol. The zero-order chi connectivity index (χ0) is 13.1. The van der Waals surface area contributed by atoms with Gasteiger partial charge in [-0.15, -0.1) is 0 Å². The van der Waals surface area contributed by atoms with E-state index < -0.39 is 0 Å². The molecule has 1 amide bonds. The summed E-state index contributed by atoms with van der Waals surface area (Å²) >= 11 is 0. The van der Waals surface area contributed by atoms with Crippen LogP contribution >= 0.6 is 0 Å². The Morgan fingerprint density at radius 3 is 2.42 bits per heavy atom. The van der Waals surface area contributed by atoms with E-state index in [-0.39, 0.29) is 5.91 Å². The highest BCUT2D eigenvalue weighted by Crippen LogP contribution is 2.18. The van der Waals surface area contributed by atoms with Crippen LogP contribution in [0.3, 0.4) is 0 Å². The number of anilines is 1. The molecule has 102 valence electrons. The van der Waals surface area contributed by atoms with Crippen molar-refractivity contribution in [3.05, 3.63) is 30.3 Å². The van der Waals surface area contributed by atoms with Gasteiger partial charge in [-0.2, -0.15) is 0 Å². The predicted octanol–water partition coefficient (Wildman–Crippen LogP) is 1.09. The van der Waals surface area contributed by atoms with Gasteiger partial charge in [0, 0.05) is 37.9 Å². The number of rotatable bonds is 4. The minimum absolute atomic E-state index is 0.190. The SMILES string of the molecule is O=C(CN1CCN(c2ccccc2)CC1)NC1CC1. The molecule has 0 aromatic heterocycles. The third kappa shape index (κ3) is 3.47. The molecule has 2 fully saturated rings. The van der Waals surface area contributed by atoms with Crippen LogP contribution in [-0.2, 0) is 4.79 Å². The fourth-order valence-electron chi connectivity index (χ4n) is 2.51. The van der Waals surface area contributed by atoms with Crippen LogP contribution in [0, 0.1) is 0 Å². The first-order valence-electron chi connectivity index (χ1n) is 7.13. The van der Waals surface area contributed by atoms with Gasteiger partial charge in [-0.25, -0.2) is 0 Å². The Balaban J connectivity index is 1.45. The molecule has 1 aliphatic carbocycles. The summed E-state index contributed by atoms with van der Waals surface area (Å²) in [6, 6.07) is 11.0. The molecule has 0 atom stereocenters. The third-order valence-corrected chi connectivity index (χ3v) is 3.80. The summed E-state index contributed by atoms with van der Waals surface area (Å²) in [7, 11) is 0. The molecule has 1 saturated carbocycles. The van der Waals surface area contributed by atoms with Crippen LogP contribution in [0.5, 0.6) is 0 Å². The van der Waals surface area contributed by atoms with Gasteiger partial charge in [0.2, 0.25) is 5.91 Å². The predicted molar refractivity (Wildman–Crippen MR) is 76.3 cm³/mol. The molecule has 1 N–H and O–H groups in total. The highest BCUT2D eigenvalue weighted by Gasteiger charge is 2.25. The highest BCUT2D eigenvalue weighted by atomic mass is 16.2. The van der Waals surface area contributed by atoms with Crippen LogP contribution in [0.25, 0.3) is 0 Å². The van der Waals surface area contributed by atoms with E-state index in [4.69, 9.17) is 0 Å². The molecule has 4 nitrogen and oxygen atoms in total. The number of amides is 1. The second kappa shape index (κ2) is 5.61. The van der Waals surface area contributed by atoms with Gasteiger partial charge >= 0.3 is 0 Å². The van der Waals surface area contributed by atoms with E-state index in [0.717, 1.165) is 39.0 Å². The summed E-state index contributed by atoms with van der Waals surface area (Å²) < 4.78 is 0. The monoisotopic (exact) mass is 259 g/mol. The van der Waals surface area contributed by atoms with Crippen LogP contribution in [0.2, 0.25) is 0 Å². The zero-order valence-corrected chi connectivity index (χ0v) is 11.2. The maximum absolute atomic E-state index is 11.7. The lowest BCUT2D eigenvalue weighted by Crippen LogP contribution is -2.49. The van der Waals surface area contributed by atoms with Gasteiger partial charge in [0.1, 0.15) is 0 Å². The number of hydrogen-bond donors (Lipinski definition) is 1. The smallest absolute Gasteiger partial charge is 0.234 e. The first-order chi connectivity index (χ1) is 9.31. The largest absolute Gasteiger partial charge is 0.369 e. The number of carbonyl (C=O) groups is 1. The van der Waals surface area contributed by atoms with Crippen molar-refractivity contribution in [2.24, 2.45) is 0 Å². The van der Waals surface area contributed by atoms with Crippen molar-refractivity contribution in [1.29, 1.82) is 0 Å². The van der Waals surface area contributed by atoms with E-state index in [0.29, 0.717) is 12.6 Å². The molecule has 1 aromatic carbocycles. The number of nitrogens with one attached hydrogen (secondary N) is 1. The number of piperazine rings is 1. The van der Waals surface area contributed by atoms with E-state index in [1.54, 1.807) is 0 Å². The highest BCUT2D eigenvalue weighted by molar-refractivity contribution is 5.78. The van der Waals surface area contributed by atoms with Crippen LogP contribution in [0.15, 0.2) is 30.3 Å². The van der Waals surface area contributed by atoms with Crippen LogP contribution in [0.4, 0.5) is 5.69 Å². The Bertz CT molecular complexity index is 422. The first kappa shape index (κ1) is 12.5. The second-order valence-electron chi connectivity index (χ2n) is 5.44. The normalized spacial score (nSPS) is 20.3. The van der Waals surface area contributed by atoms with Crippen molar-refractivity contribution in [3.8, 4) is 0 Å². The number of hydrogen-bond acceptors (Lipinski definition) is 3. The van der Waals surface area contributed by atoms with Gasteiger partial charge in [-0.1, -0.05) is 18.2 Å². The lowest BCUT2D eigenvalue weighted by molar-refractivity contribution is -0.122. The van der Waals surface area contributed by atoms with Crippen LogP contribution in [0.1, 0.15) is 12.8 Å². The molecular formula is C15H21N3O. The molecule has 0 radical (unpaired) electrons. The number of nitrogens with zero attached hydrogens (tertiary/aromatic N) is 2. The molecule has 0 bridgehead atoms. The minimum atomic E-state index is 0.190. The number of benzene rings is 1. The third-order valence-electron chi connectivity index (χ3n) is 3.80. The standard InChI is InChI=1S/C15H21N3O/c19-15(16-13-6-7-13)12-17-8-10-18(11-9-17)14-4-2-1-3-5-14/h1-5,13H,6-12H2,(H,16,19). The van der Waals surface area contributed by atoms with Crippen molar-refractivity contribution in [3.63, 3.8) is 0 Å². The molecule has 1 saturated heterocycles. The van der Waals surface area contributed by atoms with E-state index in [1.165, 1.54) is 5.69 Å². The van der Waals surface area contributed by atoms with Crippen LogP contribution < -0.4 is 10.2 Å². The van der Waals surface area contributed by atoms with Gasteiger partial charge < -0.3 is 10.2 Å². The number of carbonyl (C=O) groups excluding carboxylic acids is 1. The van der Waals surface area contributed by atoms with Gasteiger partial charge in [-0.3, -0.25) is 9.69 Å². The van der Waals surface area contributed by atoms with E-state index in [1.807, 2.05) is 6.07 Å². The molecule has 0 spiro atoms. The Labute approximate surface area is 114 Å². The van der Waals surface area contributed by atoms with Gasteiger partial charge in [0.25, 0.3) is 0 Å². The summed E-state index contributed by atoms with van der Waals surface area (Å²) in [4.78, 5) is 16.4. The van der Waals surface area contributed by atoms with E-state index >= 15 is 0 Å². The molecule has 2 aliphatic rings. The van der Waals surface area contributed by atoms with Gasteiger partial charge in [0.15, 0.2) is 0 Å². The second-order valence-corrected chi connectivity index (χ2v) is 5.44. The summed E-state index contributed by atoms with van der Waals surface area (Å²) in [5.74, 6) is 0.190. The fraction of sp³-hybridized carbons (Fsp3) is 0.533. The topological polar surface area (TPSA) is 35.6 Å². The van der Waals surface area contributed by atoms with Gasteiger partial charge in [0.05, 0.1) is 6.54 Å². The summed E-state index contributed by atoms with van der Waals surface area (Å²) in [5.41, 5.74) is 1.28. The molecule has 1 aromatic rings. The van der Waals surface area contributed by atoms with Crippen molar-refractivity contribution in [1.82, 2.24) is 10.2 Å². The van der Waals surface area contributed by atoms with Crippen molar-refractivity contribution >= 4 is 11.6 Å². The van der Waals surface area contributed by atoms with Gasteiger partial charge in [-0.05, 0) is 25.0 Å². The molecule has 4 heteroatoms. The maximum atomic E-state index is 11.7. The quantitative estimate of drug-likeness (QED) is 0.879. The Hall–Kier alpha value is -1.55. The maximum Gasteiger partial charge on any atom is 0.234 e. The molecule has 1 heterocycles. The molecule has 0 unspecified atom stereocenters. The summed E-state index contributed by atoms with van der Waals surface area (Å²) in [6.07, 6.45) is 2.32. The Morgan fingerprint density at radius 2 is 1.79 bits per heavy atom. The van der Waals surface area contributed by atoms with Crippen molar-refractivity contribution in [2.75, 3.05) is 37.6 Å². The minimum Gasteiger partial charge on any atom is -0.369 e. The lowest BCUT2D eigenvalue weighted by Gasteiger charge is -2.35. The Kier molecular flexibility index (Phi) is 3.69. The van der Waals surface area contributed by atoms with Crippen LogP contribution in [-0.4, -0.2) is 49.6 Å². The zero-order valence-electron chi connectivity index (χ0n) is 11.2. The van der Waals surface area contributed by atoms with E-state index in [9.17, 15) is 4.79 Å². The van der Waals surface area contributed by atoms with Crippen molar-refractivity contribution < 1.29 is 4.79 Å². The summed E-state index contributed by atoms with van der Waals surface area (Å²) in [6.45, 7) is 4.49. The molecule has 3 rings (SSSR count). The van der Waals surface area contributed by atoms with Crippen molar-refractivity contribution in [2.45, 2.75) is 18.9 Å². The first-order valence-corrected chi connectivity index (χ1v) is 7.13. The average molecular weight is 259 g/mol. The molecule has 1 aliphatic heterocycles. The number of para-hydroxylation sites is 1. The lowest BCUT2D eigenvalue weighted by atomic mass is 10.2. The van der Waals surface area contributed by atoms with E-state index in [2.05, 4.69) is 39.4 Å². The Morgan fingerprint density at radius 1 is 1.11 bits per heavy atom. The fourth-order valence-corrected chi connectivity index (χ4v) is 2.51. The summed E-state index contributed by atoms with van der Waals surface area (Å²) in [5, 5.41) is 3.05.